The van der Waals surface area contributed by atoms with Gasteiger partial charge in [-0.1, -0.05) is 11.3 Å². The van der Waals surface area contributed by atoms with Crippen LogP contribution in [0.2, 0.25) is 0 Å². The van der Waals surface area contributed by atoms with Gasteiger partial charge in [0.25, 0.3) is 0 Å². The second kappa shape index (κ2) is 7.65. The van der Waals surface area contributed by atoms with Gasteiger partial charge in [0.2, 0.25) is 0 Å². The maximum absolute atomic E-state index is 16.0. The molecule has 0 aliphatic carbocycles. The van der Waals surface area contributed by atoms with Crippen LogP contribution in [-0.2, 0) is 6.18 Å². The Morgan fingerprint density at radius 3 is 2.45 bits per heavy atom. The lowest BCUT2D eigenvalue weighted by Crippen LogP contribution is -2.20. The van der Waals surface area contributed by atoms with Crippen molar-refractivity contribution in [2.24, 2.45) is 0 Å². The summed E-state index contributed by atoms with van der Waals surface area (Å²) in [6, 6.07) is 2.70. The topological polar surface area (TPSA) is 77.2 Å². The van der Waals surface area contributed by atoms with Crippen molar-refractivity contribution >= 4 is 43.4 Å². The lowest BCUT2D eigenvalue weighted by Gasteiger charge is -2.21. The molecular weight excluding hydrogens is 465 g/mol. The lowest BCUT2D eigenvalue weighted by molar-refractivity contribution is -0.137. The third-order valence-electron chi connectivity index (χ3n) is 5.57. The molecule has 0 radical (unpaired) electrons. The molecule has 2 aromatic carbocycles. The summed E-state index contributed by atoms with van der Waals surface area (Å²) in [4.78, 5) is 14.0. The summed E-state index contributed by atoms with van der Waals surface area (Å²) >= 11 is 0.771. The van der Waals surface area contributed by atoms with Gasteiger partial charge < -0.3 is 15.4 Å². The molecule has 2 aromatic heterocycles. The minimum absolute atomic E-state index is 0.0496. The summed E-state index contributed by atoms with van der Waals surface area (Å²) in [7, 11) is 1.29. The average Bonchev–Trinajstić information content (AvgIpc) is 3.43. The van der Waals surface area contributed by atoms with Crippen molar-refractivity contribution in [3.05, 3.63) is 35.4 Å². The average molecular weight is 481 g/mol. The maximum atomic E-state index is 16.0. The quantitative estimate of drug-likeness (QED) is 0.395. The SMILES string of the molecule is COc1nc(N2CCCC2)c2cc(C(F)(F)F)c(-c3ccc(F)c4sc(N)nc34)c(F)c2n1. The van der Waals surface area contributed by atoms with Crippen molar-refractivity contribution in [1.82, 2.24) is 15.0 Å². The Hall–Kier alpha value is -3.28. The highest BCUT2D eigenvalue weighted by Crippen LogP contribution is 2.46. The van der Waals surface area contributed by atoms with Gasteiger partial charge in [-0.15, -0.1) is 0 Å². The predicted octanol–water partition coefficient (Wildman–Crippen LogP) is 5.39. The standard InChI is InChI=1S/C21H16F5N5OS/c1-32-20-29-15-10(18(30-20)31-6-2-3-7-31)8-11(21(24,25)26)13(14(15)23)9-4-5-12(22)17-16(9)28-19(27)33-17/h4-5,8H,2-3,6-7H2,1H3,(H2,27,28). The number of halogens is 5. The number of alkyl halides is 3. The zero-order valence-electron chi connectivity index (χ0n) is 17.1. The Labute approximate surface area is 187 Å². The monoisotopic (exact) mass is 481 g/mol. The number of anilines is 2. The molecule has 1 aliphatic rings. The van der Waals surface area contributed by atoms with E-state index in [2.05, 4.69) is 15.0 Å². The molecule has 1 aliphatic heterocycles. The van der Waals surface area contributed by atoms with Gasteiger partial charge in [-0.25, -0.2) is 13.8 Å². The van der Waals surface area contributed by atoms with Crippen LogP contribution in [-0.4, -0.2) is 35.2 Å². The molecule has 6 nitrogen and oxygen atoms in total. The zero-order chi connectivity index (χ0) is 23.5. The fourth-order valence-electron chi connectivity index (χ4n) is 4.13. The van der Waals surface area contributed by atoms with Crippen LogP contribution < -0.4 is 15.4 Å². The molecule has 0 bridgehead atoms. The summed E-state index contributed by atoms with van der Waals surface area (Å²) in [6.45, 7) is 1.13. The van der Waals surface area contributed by atoms with E-state index in [0.717, 1.165) is 42.4 Å². The highest BCUT2D eigenvalue weighted by Gasteiger charge is 2.38. The van der Waals surface area contributed by atoms with Gasteiger partial charge in [-0.2, -0.15) is 23.1 Å². The lowest BCUT2D eigenvalue weighted by atomic mass is 9.95. The number of nitrogens with two attached hydrogens (primary N) is 1. The van der Waals surface area contributed by atoms with Gasteiger partial charge in [-0.05, 0) is 31.0 Å². The Morgan fingerprint density at radius 1 is 1.06 bits per heavy atom. The number of nitrogens with zero attached hydrogens (tertiary/aromatic N) is 4. The van der Waals surface area contributed by atoms with Crippen LogP contribution in [0.1, 0.15) is 18.4 Å². The first-order valence-corrected chi connectivity index (χ1v) is 10.8. The molecule has 1 saturated heterocycles. The smallest absolute Gasteiger partial charge is 0.417 e. The van der Waals surface area contributed by atoms with Crippen LogP contribution in [0.4, 0.5) is 32.9 Å². The molecule has 0 atom stereocenters. The molecule has 5 rings (SSSR count). The first-order chi connectivity index (χ1) is 15.7. The molecule has 0 unspecified atom stereocenters. The molecule has 12 heteroatoms. The molecule has 0 saturated carbocycles. The van der Waals surface area contributed by atoms with Gasteiger partial charge in [0.1, 0.15) is 17.2 Å². The van der Waals surface area contributed by atoms with E-state index < -0.39 is 28.9 Å². The second-order valence-electron chi connectivity index (χ2n) is 7.56. The maximum Gasteiger partial charge on any atom is 0.417 e. The number of ether oxygens (including phenoxy) is 1. The van der Waals surface area contributed by atoms with E-state index in [1.54, 1.807) is 4.90 Å². The van der Waals surface area contributed by atoms with Crippen LogP contribution in [0, 0.1) is 11.6 Å². The number of aromatic nitrogens is 3. The van der Waals surface area contributed by atoms with Crippen molar-refractivity contribution in [3.8, 4) is 17.1 Å². The molecule has 33 heavy (non-hydrogen) atoms. The van der Waals surface area contributed by atoms with E-state index >= 15 is 4.39 Å². The number of benzene rings is 2. The number of hydrogen-bond donors (Lipinski definition) is 1. The van der Waals surface area contributed by atoms with Crippen LogP contribution in [0.5, 0.6) is 6.01 Å². The molecule has 3 heterocycles. The molecule has 0 spiro atoms. The van der Waals surface area contributed by atoms with Crippen LogP contribution in [0.15, 0.2) is 18.2 Å². The van der Waals surface area contributed by atoms with Gasteiger partial charge in [0.15, 0.2) is 10.9 Å². The largest absolute Gasteiger partial charge is 0.467 e. The zero-order valence-corrected chi connectivity index (χ0v) is 17.9. The molecule has 1 fully saturated rings. The van der Waals surface area contributed by atoms with Gasteiger partial charge in [0.05, 0.1) is 22.9 Å². The molecule has 4 aromatic rings. The molecule has 2 N–H and O–H groups in total. The van der Waals surface area contributed by atoms with Gasteiger partial charge in [0, 0.05) is 29.6 Å². The van der Waals surface area contributed by atoms with Gasteiger partial charge in [-0.3, -0.25) is 0 Å². The van der Waals surface area contributed by atoms with E-state index in [0.29, 0.717) is 13.1 Å². The number of nitrogen functional groups attached to an aromatic ring is 1. The summed E-state index contributed by atoms with van der Waals surface area (Å²) < 4.78 is 77.9. The third-order valence-corrected chi connectivity index (χ3v) is 6.46. The molecule has 172 valence electrons. The number of methoxy groups -OCH3 is 1. The van der Waals surface area contributed by atoms with Crippen molar-refractivity contribution in [1.29, 1.82) is 0 Å². The van der Waals surface area contributed by atoms with E-state index in [1.165, 1.54) is 7.11 Å². The van der Waals surface area contributed by atoms with Crippen molar-refractivity contribution in [2.75, 3.05) is 30.8 Å². The van der Waals surface area contributed by atoms with E-state index in [1.807, 2.05) is 0 Å². The highest BCUT2D eigenvalue weighted by molar-refractivity contribution is 7.22. The summed E-state index contributed by atoms with van der Waals surface area (Å²) in [5.41, 5.74) is 2.95. The summed E-state index contributed by atoms with van der Waals surface area (Å²) in [5, 5.41) is -0.131. The van der Waals surface area contributed by atoms with Gasteiger partial charge >= 0.3 is 12.2 Å². The van der Waals surface area contributed by atoms with Crippen LogP contribution in [0.3, 0.4) is 0 Å². The minimum atomic E-state index is -4.92. The summed E-state index contributed by atoms with van der Waals surface area (Å²) in [6.07, 6.45) is -3.26. The predicted molar refractivity (Wildman–Crippen MR) is 115 cm³/mol. The van der Waals surface area contributed by atoms with Crippen molar-refractivity contribution in [2.45, 2.75) is 19.0 Å². The minimum Gasteiger partial charge on any atom is -0.467 e. The van der Waals surface area contributed by atoms with Crippen LogP contribution in [0.25, 0.3) is 32.2 Å². The van der Waals surface area contributed by atoms with E-state index in [4.69, 9.17) is 10.5 Å². The second-order valence-corrected chi connectivity index (χ2v) is 8.59. The fourth-order valence-corrected chi connectivity index (χ4v) is 4.90. The number of fused-ring (bicyclic) bond motifs is 2. The van der Waals surface area contributed by atoms with Crippen molar-refractivity contribution in [3.63, 3.8) is 0 Å². The van der Waals surface area contributed by atoms with Crippen molar-refractivity contribution < 1.29 is 26.7 Å². The Kier molecular flexibility index (Phi) is 5.00. The number of hydrogen-bond acceptors (Lipinski definition) is 7. The molecule has 0 amide bonds. The van der Waals surface area contributed by atoms with Crippen LogP contribution >= 0.6 is 11.3 Å². The first-order valence-electron chi connectivity index (χ1n) is 9.94. The Bertz CT molecular complexity index is 1400. The molecular formula is C21H16F5N5OS. The Balaban J connectivity index is 1.90. The summed E-state index contributed by atoms with van der Waals surface area (Å²) in [5.74, 6) is -1.76. The third kappa shape index (κ3) is 3.48. The Morgan fingerprint density at radius 2 is 1.79 bits per heavy atom. The van der Waals surface area contributed by atoms with E-state index in [-0.39, 0.29) is 43.6 Å². The number of thiazole rings is 1. The first kappa shape index (κ1) is 21.6. The highest BCUT2D eigenvalue weighted by atomic mass is 32.1. The van der Waals surface area contributed by atoms with E-state index in [9.17, 15) is 17.6 Å². The normalized spacial score (nSPS) is 14.5. The fraction of sp³-hybridized carbons (Fsp3) is 0.286. The number of rotatable bonds is 3.